The zero-order valence-electron chi connectivity index (χ0n) is 17.9. The second kappa shape index (κ2) is 6.55. The Labute approximate surface area is 160 Å². The standard InChI is InChI=1S/C24H38O2/c1-16-13-18(15-19(14-16)26-7)17(2)21-23(5)11-8-10-22(3,4)20(23)9-12-24(21,6)25/h13-15,17,20-21,25H,8-12H2,1-7H3/t17?,20-,21?,23-,24+/m0/s1. The second-order valence-corrected chi connectivity index (χ2v) is 10.3. The third kappa shape index (κ3) is 3.19. The number of rotatable bonds is 3. The number of hydrogen-bond acceptors (Lipinski definition) is 2. The molecule has 2 aliphatic rings. The number of methoxy groups -OCH3 is 1. The molecule has 5 atom stereocenters. The number of fused-ring (bicyclic) bond motifs is 1. The molecule has 2 saturated carbocycles. The van der Waals surface area contributed by atoms with Crippen LogP contribution in [0.3, 0.4) is 0 Å². The van der Waals surface area contributed by atoms with Crippen molar-refractivity contribution >= 4 is 0 Å². The van der Waals surface area contributed by atoms with E-state index < -0.39 is 5.60 Å². The summed E-state index contributed by atoms with van der Waals surface area (Å²) in [6.45, 7) is 13.9. The van der Waals surface area contributed by atoms with Crippen molar-refractivity contribution < 1.29 is 9.84 Å². The molecule has 0 spiro atoms. The van der Waals surface area contributed by atoms with Crippen molar-refractivity contribution in [1.29, 1.82) is 0 Å². The molecule has 3 rings (SSSR count). The number of benzene rings is 1. The highest BCUT2D eigenvalue weighted by atomic mass is 16.5. The molecule has 0 bridgehead atoms. The first-order valence-electron chi connectivity index (χ1n) is 10.4. The van der Waals surface area contributed by atoms with Crippen molar-refractivity contribution in [2.24, 2.45) is 22.7 Å². The Morgan fingerprint density at radius 1 is 1.08 bits per heavy atom. The zero-order valence-corrected chi connectivity index (χ0v) is 17.9. The average Bonchev–Trinajstić information content (AvgIpc) is 2.51. The second-order valence-electron chi connectivity index (χ2n) is 10.3. The molecule has 2 fully saturated rings. The van der Waals surface area contributed by atoms with Crippen LogP contribution in [0.25, 0.3) is 0 Å². The Hall–Kier alpha value is -1.02. The topological polar surface area (TPSA) is 29.5 Å². The summed E-state index contributed by atoms with van der Waals surface area (Å²) in [4.78, 5) is 0. The van der Waals surface area contributed by atoms with E-state index in [2.05, 4.69) is 59.7 Å². The van der Waals surface area contributed by atoms with Crippen LogP contribution in [0.15, 0.2) is 18.2 Å². The Morgan fingerprint density at radius 2 is 1.77 bits per heavy atom. The lowest BCUT2D eigenvalue weighted by molar-refractivity contribution is -0.173. The summed E-state index contributed by atoms with van der Waals surface area (Å²) in [5, 5.41) is 11.5. The van der Waals surface area contributed by atoms with Crippen molar-refractivity contribution in [3.8, 4) is 5.75 Å². The van der Waals surface area contributed by atoms with E-state index in [1.807, 2.05) is 0 Å². The monoisotopic (exact) mass is 358 g/mol. The minimum Gasteiger partial charge on any atom is -0.497 e. The van der Waals surface area contributed by atoms with Gasteiger partial charge in [0.2, 0.25) is 0 Å². The maximum Gasteiger partial charge on any atom is 0.119 e. The van der Waals surface area contributed by atoms with Gasteiger partial charge in [0.25, 0.3) is 0 Å². The predicted octanol–water partition coefficient (Wildman–Crippen LogP) is 6.10. The molecule has 0 aromatic heterocycles. The molecule has 0 radical (unpaired) electrons. The molecule has 2 unspecified atom stereocenters. The molecule has 1 aromatic carbocycles. The fourth-order valence-electron chi connectivity index (χ4n) is 7.02. The highest BCUT2D eigenvalue weighted by molar-refractivity contribution is 5.36. The van der Waals surface area contributed by atoms with Crippen molar-refractivity contribution in [3.05, 3.63) is 29.3 Å². The molecule has 0 amide bonds. The number of aliphatic hydroxyl groups is 1. The lowest BCUT2D eigenvalue weighted by Gasteiger charge is -2.62. The number of aryl methyl sites for hydroxylation is 1. The van der Waals surface area contributed by atoms with Crippen LogP contribution in [-0.4, -0.2) is 17.8 Å². The van der Waals surface area contributed by atoms with Crippen LogP contribution in [0.5, 0.6) is 5.75 Å². The van der Waals surface area contributed by atoms with Gasteiger partial charge in [-0.1, -0.05) is 40.2 Å². The smallest absolute Gasteiger partial charge is 0.119 e. The highest BCUT2D eigenvalue weighted by Crippen LogP contribution is 2.64. The molecule has 0 aliphatic heterocycles. The Kier molecular flexibility index (Phi) is 4.97. The molecule has 2 heteroatoms. The first kappa shape index (κ1) is 19.7. The van der Waals surface area contributed by atoms with Crippen LogP contribution in [0.2, 0.25) is 0 Å². The van der Waals surface area contributed by atoms with E-state index in [1.54, 1.807) is 7.11 Å². The van der Waals surface area contributed by atoms with E-state index in [0.29, 0.717) is 17.3 Å². The van der Waals surface area contributed by atoms with Gasteiger partial charge in [0.15, 0.2) is 0 Å². The quantitative estimate of drug-likeness (QED) is 0.707. The van der Waals surface area contributed by atoms with E-state index in [0.717, 1.165) is 18.6 Å². The summed E-state index contributed by atoms with van der Waals surface area (Å²) in [6.07, 6.45) is 5.88. The van der Waals surface area contributed by atoms with Gasteiger partial charge >= 0.3 is 0 Å². The van der Waals surface area contributed by atoms with Gasteiger partial charge in [-0.2, -0.15) is 0 Å². The number of ether oxygens (including phenoxy) is 1. The lowest BCUT2D eigenvalue weighted by atomic mass is 9.43. The molecule has 146 valence electrons. The summed E-state index contributed by atoms with van der Waals surface area (Å²) >= 11 is 0. The molecular weight excluding hydrogens is 320 g/mol. The normalized spacial score (nSPS) is 37.7. The Balaban J connectivity index is 2.06. The van der Waals surface area contributed by atoms with E-state index in [1.165, 1.54) is 30.4 Å². The Morgan fingerprint density at radius 3 is 2.42 bits per heavy atom. The summed E-state index contributed by atoms with van der Waals surface area (Å²) in [5.74, 6) is 2.18. The summed E-state index contributed by atoms with van der Waals surface area (Å²) in [7, 11) is 1.74. The fourth-order valence-corrected chi connectivity index (χ4v) is 7.02. The largest absolute Gasteiger partial charge is 0.497 e. The number of hydrogen-bond donors (Lipinski definition) is 1. The van der Waals surface area contributed by atoms with Crippen molar-refractivity contribution in [1.82, 2.24) is 0 Å². The van der Waals surface area contributed by atoms with Gasteiger partial charge in [0.05, 0.1) is 12.7 Å². The maximum atomic E-state index is 11.5. The first-order chi connectivity index (χ1) is 12.0. The third-order valence-electron chi connectivity index (χ3n) is 7.93. The van der Waals surface area contributed by atoms with Gasteiger partial charge in [0.1, 0.15) is 5.75 Å². The minimum absolute atomic E-state index is 0.180. The van der Waals surface area contributed by atoms with E-state index in [9.17, 15) is 5.11 Å². The van der Waals surface area contributed by atoms with Crippen molar-refractivity contribution in [3.63, 3.8) is 0 Å². The van der Waals surface area contributed by atoms with E-state index >= 15 is 0 Å². The summed E-state index contributed by atoms with van der Waals surface area (Å²) in [6, 6.07) is 6.54. The lowest BCUT2D eigenvalue weighted by Crippen LogP contribution is -2.58. The minimum atomic E-state index is -0.616. The predicted molar refractivity (Wildman–Crippen MR) is 109 cm³/mol. The average molecular weight is 359 g/mol. The summed E-state index contributed by atoms with van der Waals surface area (Å²) < 4.78 is 5.53. The zero-order chi connectivity index (χ0) is 19.3. The summed E-state index contributed by atoms with van der Waals surface area (Å²) in [5.41, 5.74) is 2.46. The van der Waals surface area contributed by atoms with Crippen LogP contribution in [0.1, 0.15) is 83.8 Å². The van der Waals surface area contributed by atoms with Crippen molar-refractivity contribution in [2.45, 2.75) is 85.2 Å². The van der Waals surface area contributed by atoms with Gasteiger partial charge in [0, 0.05) is 0 Å². The molecule has 1 N–H and O–H groups in total. The SMILES string of the molecule is COc1cc(C)cc(C(C)C2[C@](C)(O)CC[C@H]3C(C)(C)CCC[C@]23C)c1. The van der Waals surface area contributed by atoms with Crippen LogP contribution in [-0.2, 0) is 0 Å². The van der Waals surface area contributed by atoms with Gasteiger partial charge < -0.3 is 9.84 Å². The van der Waals surface area contributed by atoms with Gasteiger partial charge in [-0.3, -0.25) is 0 Å². The van der Waals surface area contributed by atoms with E-state index in [-0.39, 0.29) is 11.3 Å². The molecule has 2 aliphatic carbocycles. The van der Waals surface area contributed by atoms with Crippen LogP contribution >= 0.6 is 0 Å². The fraction of sp³-hybridized carbons (Fsp3) is 0.750. The molecule has 2 nitrogen and oxygen atoms in total. The van der Waals surface area contributed by atoms with Gasteiger partial charge in [-0.25, -0.2) is 0 Å². The van der Waals surface area contributed by atoms with Crippen LogP contribution in [0.4, 0.5) is 0 Å². The van der Waals surface area contributed by atoms with Crippen LogP contribution < -0.4 is 4.74 Å². The van der Waals surface area contributed by atoms with Gasteiger partial charge in [-0.15, -0.1) is 0 Å². The molecule has 26 heavy (non-hydrogen) atoms. The van der Waals surface area contributed by atoms with Crippen molar-refractivity contribution in [2.75, 3.05) is 7.11 Å². The molecular formula is C24H38O2. The third-order valence-corrected chi connectivity index (χ3v) is 7.93. The van der Waals surface area contributed by atoms with Gasteiger partial charge in [-0.05, 0) is 91.4 Å². The van der Waals surface area contributed by atoms with E-state index in [4.69, 9.17) is 4.74 Å². The molecule has 1 aromatic rings. The highest BCUT2D eigenvalue weighted by Gasteiger charge is 2.59. The first-order valence-corrected chi connectivity index (χ1v) is 10.4. The maximum absolute atomic E-state index is 11.5. The van der Waals surface area contributed by atoms with Crippen LogP contribution in [0, 0.1) is 29.6 Å². The Bertz CT molecular complexity index is 660. The molecule has 0 heterocycles. The molecule has 0 saturated heterocycles.